The molecule has 10 heteroatoms. The molecule has 1 amide bonds. The molecule has 0 bridgehead atoms. The Balaban J connectivity index is 1.48. The van der Waals surface area contributed by atoms with Crippen molar-refractivity contribution >= 4 is 67.2 Å². The van der Waals surface area contributed by atoms with Crippen LogP contribution in [-0.2, 0) is 11.2 Å². The van der Waals surface area contributed by atoms with Gasteiger partial charge in [-0.1, -0.05) is 22.9 Å². The predicted octanol–water partition coefficient (Wildman–Crippen LogP) is 5.36. The molecule has 1 aromatic heterocycles. The Morgan fingerprint density at radius 3 is 2.69 bits per heavy atom. The highest BCUT2D eigenvalue weighted by atomic mass is 127. The zero-order chi connectivity index (χ0) is 24.9. The fourth-order valence-corrected chi connectivity index (χ4v) is 4.31. The van der Waals surface area contributed by atoms with Crippen LogP contribution in [0.15, 0.2) is 75.0 Å². The fourth-order valence-electron chi connectivity index (χ4n) is 3.26. The van der Waals surface area contributed by atoms with Gasteiger partial charge in [-0.25, -0.2) is 9.37 Å². The van der Waals surface area contributed by atoms with Gasteiger partial charge < -0.3 is 10.1 Å². The Kier molecular flexibility index (Phi) is 7.91. The van der Waals surface area contributed by atoms with Crippen LogP contribution in [0.4, 0.5) is 10.1 Å². The van der Waals surface area contributed by atoms with Crippen LogP contribution in [0.3, 0.4) is 0 Å². The summed E-state index contributed by atoms with van der Waals surface area (Å²) in [5.74, 6) is 0.349. The van der Waals surface area contributed by atoms with Gasteiger partial charge in [-0.15, -0.1) is 0 Å². The van der Waals surface area contributed by atoms with Crippen LogP contribution in [0.1, 0.15) is 18.3 Å². The van der Waals surface area contributed by atoms with Crippen LogP contribution in [0.5, 0.6) is 5.75 Å². The number of aromatic nitrogens is 2. The van der Waals surface area contributed by atoms with E-state index < -0.39 is 0 Å². The summed E-state index contributed by atoms with van der Waals surface area (Å²) >= 11 is 5.50. The van der Waals surface area contributed by atoms with Gasteiger partial charge in [0.25, 0.3) is 11.5 Å². The summed E-state index contributed by atoms with van der Waals surface area (Å²) in [6, 6.07) is 16.2. The second-order valence-corrected chi connectivity index (χ2v) is 9.52. The highest BCUT2D eigenvalue weighted by molar-refractivity contribution is 14.1. The van der Waals surface area contributed by atoms with Crippen LogP contribution >= 0.6 is 38.5 Å². The van der Waals surface area contributed by atoms with Gasteiger partial charge in [0.1, 0.15) is 17.4 Å². The molecule has 4 aromatic rings. The van der Waals surface area contributed by atoms with Gasteiger partial charge in [0.05, 0.1) is 20.7 Å². The third-order valence-electron chi connectivity index (χ3n) is 4.96. The quantitative estimate of drug-likeness (QED) is 0.216. The third-order valence-corrected chi connectivity index (χ3v) is 6.29. The number of nitrogens with zero attached hydrogens (tertiary/aromatic N) is 3. The molecule has 3 aromatic carbocycles. The van der Waals surface area contributed by atoms with Gasteiger partial charge in [0, 0.05) is 16.6 Å². The summed E-state index contributed by atoms with van der Waals surface area (Å²) in [6.45, 7) is 1.72. The van der Waals surface area contributed by atoms with Crippen molar-refractivity contribution in [2.24, 2.45) is 5.10 Å². The molecule has 1 heterocycles. The van der Waals surface area contributed by atoms with Crippen LogP contribution in [0.2, 0.25) is 0 Å². The number of ether oxygens (including phenoxy) is 1. The summed E-state index contributed by atoms with van der Waals surface area (Å²) in [5, 5.41) is 7.51. The van der Waals surface area contributed by atoms with Gasteiger partial charge in [-0.05, 0) is 88.8 Å². The van der Waals surface area contributed by atoms with Crippen molar-refractivity contribution in [3.63, 3.8) is 0 Å². The Morgan fingerprint density at radius 2 is 1.97 bits per heavy atom. The molecule has 0 spiro atoms. The molecule has 178 valence electrons. The molecule has 0 aliphatic heterocycles. The van der Waals surface area contributed by atoms with Crippen molar-refractivity contribution in [2.75, 3.05) is 11.9 Å². The van der Waals surface area contributed by atoms with E-state index in [-0.39, 0.29) is 23.9 Å². The maximum Gasteiger partial charge on any atom is 0.282 e. The van der Waals surface area contributed by atoms with Crippen molar-refractivity contribution < 1.29 is 13.9 Å². The van der Waals surface area contributed by atoms with Crippen molar-refractivity contribution in [1.29, 1.82) is 0 Å². The zero-order valence-electron chi connectivity index (χ0n) is 18.5. The molecule has 7 nitrogen and oxygen atoms in total. The molecule has 35 heavy (non-hydrogen) atoms. The first-order valence-electron chi connectivity index (χ1n) is 10.6. The minimum atomic E-state index is -0.377. The first kappa shape index (κ1) is 25.0. The van der Waals surface area contributed by atoms with Gasteiger partial charge >= 0.3 is 0 Å². The number of fused-ring (bicyclic) bond motifs is 1. The number of rotatable bonds is 7. The van der Waals surface area contributed by atoms with Crippen molar-refractivity contribution in [2.45, 2.75) is 13.3 Å². The van der Waals surface area contributed by atoms with E-state index in [0.717, 1.165) is 13.6 Å². The fraction of sp³-hybridized carbons (Fsp3) is 0.120. The molecule has 0 fully saturated rings. The lowest BCUT2D eigenvalue weighted by molar-refractivity contribution is -0.118. The first-order valence-corrected chi connectivity index (χ1v) is 12.4. The van der Waals surface area contributed by atoms with E-state index in [9.17, 15) is 14.0 Å². The van der Waals surface area contributed by atoms with Crippen LogP contribution in [0, 0.1) is 9.39 Å². The highest BCUT2D eigenvalue weighted by Crippen LogP contribution is 2.22. The first-order chi connectivity index (χ1) is 16.8. The van der Waals surface area contributed by atoms with Gasteiger partial charge in [0.15, 0.2) is 6.61 Å². The number of carbonyl (C=O) groups is 1. The number of halogens is 3. The van der Waals surface area contributed by atoms with Crippen LogP contribution < -0.4 is 15.6 Å². The van der Waals surface area contributed by atoms with Crippen molar-refractivity contribution in [3.8, 4) is 5.75 Å². The van der Waals surface area contributed by atoms with E-state index >= 15 is 0 Å². The van der Waals surface area contributed by atoms with Gasteiger partial charge in [-0.2, -0.15) is 9.78 Å². The SMILES string of the molecule is CCc1nc2ccc(Br)cc2c(=O)n1N=Cc1ccc(OCC(=O)Nc2ccc(F)cc2)c(I)c1. The second kappa shape index (κ2) is 11.1. The minimum absolute atomic E-state index is 0.200. The maximum absolute atomic E-state index is 13.0. The normalized spacial score (nSPS) is 11.2. The molecule has 0 saturated carbocycles. The average Bonchev–Trinajstić information content (AvgIpc) is 2.84. The standard InChI is InChI=1S/C25H19BrFIN4O3/c1-2-23-31-21-9-4-16(26)12-19(21)25(34)32(23)29-13-15-3-10-22(20(28)11-15)35-14-24(33)30-18-7-5-17(27)6-8-18/h3-13H,2,14H2,1H3,(H,30,33). The molecule has 0 aliphatic carbocycles. The maximum atomic E-state index is 13.0. The Bertz CT molecular complexity index is 1490. The zero-order valence-corrected chi connectivity index (χ0v) is 22.2. The molecule has 4 rings (SSSR count). The minimum Gasteiger partial charge on any atom is -0.483 e. The molecular formula is C25H19BrFIN4O3. The molecule has 0 unspecified atom stereocenters. The Hall–Kier alpha value is -3.12. The predicted molar refractivity (Wildman–Crippen MR) is 146 cm³/mol. The van der Waals surface area contributed by atoms with E-state index in [2.05, 4.69) is 53.9 Å². The van der Waals surface area contributed by atoms with Crippen molar-refractivity contribution in [3.05, 3.63) is 96.3 Å². The van der Waals surface area contributed by atoms with Gasteiger partial charge in [0.2, 0.25) is 0 Å². The largest absolute Gasteiger partial charge is 0.483 e. The summed E-state index contributed by atoms with van der Waals surface area (Å²) in [6.07, 6.45) is 2.13. The number of aryl methyl sites for hydroxylation is 1. The number of benzene rings is 3. The van der Waals surface area contributed by atoms with E-state index in [1.54, 1.807) is 30.5 Å². The number of hydrogen-bond acceptors (Lipinski definition) is 5. The molecule has 0 aliphatic rings. The lowest BCUT2D eigenvalue weighted by Crippen LogP contribution is -2.22. The highest BCUT2D eigenvalue weighted by Gasteiger charge is 2.10. The number of carbonyl (C=O) groups excluding carboxylic acids is 1. The number of amides is 1. The second-order valence-electron chi connectivity index (χ2n) is 7.44. The van der Waals surface area contributed by atoms with Crippen molar-refractivity contribution in [1.82, 2.24) is 9.66 Å². The number of nitrogens with one attached hydrogen (secondary N) is 1. The molecule has 0 radical (unpaired) electrons. The monoisotopic (exact) mass is 648 g/mol. The lowest BCUT2D eigenvalue weighted by Gasteiger charge is -2.10. The van der Waals surface area contributed by atoms with Crippen LogP contribution in [-0.4, -0.2) is 28.4 Å². The van der Waals surface area contributed by atoms with E-state index in [4.69, 9.17) is 4.74 Å². The Labute approximate surface area is 222 Å². The average molecular weight is 649 g/mol. The summed E-state index contributed by atoms with van der Waals surface area (Å²) in [7, 11) is 0. The molecule has 0 saturated heterocycles. The lowest BCUT2D eigenvalue weighted by atomic mass is 10.2. The molecule has 1 N–H and O–H groups in total. The van der Waals surface area contributed by atoms with Gasteiger partial charge in [-0.3, -0.25) is 9.59 Å². The molecular weight excluding hydrogens is 630 g/mol. The number of hydrogen-bond donors (Lipinski definition) is 1. The van der Waals surface area contributed by atoms with E-state index in [1.165, 1.54) is 28.9 Å². The number of anilines is 1. The van der Waals surface area contributed by atoms with E-state index in [1.807, 2.05) is 19.1 Å². The summed E-state index contributed by atoms with van der Waals surface area (Å²) in [5.41, 5.74) is 1.62. The Morgan fingerprint density at radius 1 is 1.20 bits per heavy atom. The molecule has 0 atom stereocenters. The summed E-state index contributed by atoms with van der Waals surface area (Å²) in [4.78, 5) is 29.7. The smallest absolute Gasteiger partial charge is 0.282 e. The summed E-state index contributed by atoms with van der Waals surface area (Å²) < 4.78 is 21.5. The third kappa shape index (κ3) is 6.12. The topological polar surface area (TPSA) is 85.6 Å². The van der Waals surface area contributed by atoms with Crippen LogP contribution in [0.25, 0.3) is 10.9 Å². The van der Waals surface area contributed by atoms with E-state index in [0.29, 0.717) is 34.6 Å².